The number of primary amides is 1. The quantitative estimate of drug-likeness (QED) is 0.708. The Balaban J connectivity index is 1.70. The van der Waals surface area contributed by atoms with Gasteiger partial charge >= 0.3 is 0 Å². The highest BCUT2D eigenvalue weighted by Gasteiger charge is 2.13. The molecule has 0 atom stereocenters. The third-order valence-electron chi connectivity index (χ3n) is 3.77. The van der Waals surface area contributed by atoms with Gasteiger partial charge in [0, 0.05) is 12.6 Å². The van der Waals surface area contributed by atoms with Crippen LogP contribution in [0.15, 0.2) is 36.7 Å². The zero-order valence-corrected chi connectivity index (χ0v) is 15.5. The van der Waals surface area contributed by atoms with Crippen molar-refractivity contribution in [1.82, 2.24) is 9.78 Å². The van der Waals surface area contributed by atoms with Gasteiger partial charge in [0.15, 0.2) is 0 Å². The Hall–Kier alpha value is -2.83. The monoisotopic (exact) mass is 358 g/mol. The summed E-state index contributed by atoms with van der Waals surface area (Å²) in [6.45, 7) is 6.94. The third kappa shape index (κ3) is 6.23. The number of anilines is 1. The van der Waals surface area contributed by atoms with Gasteiger partial charge in [0.25, 0.3) is 0 Å². The van der Waals surface area contributed by atoms with Gasteiger partial charge < -0.3 is 15.8 Å². The molecule has 1 aromatic heterocycles. The number of amides is 2. The Bertz CT molecular complexity index is 745. The minimum absolute atomic E-state index is 0.0162. The predicted molar refractivity (Wildman–Crippen MR) is 99.9 cm³/mol. The number of hydrogen-bond donors (Lipinski definition) is 2. The lowest BCUT2D eigenvalue weighted by Crippen LogP contribution is -2.18. The van der Waals surface area contributed by atoms with Gasteiger partial charge in [0.05, 0.1) is 18.5 Å². The van der Waals surface area contributed by atoms with Crippen molar-refractivity contribution in [2.75, 3.05) is 11.9 Å². The van der Waals surface area contributed by atoms with E-state index in [0.717, 1.165) is 5.75 Å². The van der Waals surface area contributed by atoms with Gasteiger partial charge in [-0.3, -0.25) is 14.3 Å². The number of nitrogens with two attached hydrogens (primary N) is 1. The number of hydrogen-bond acceptors (Lipinski definition) is 4. The van der Waals surface area contributed by atoms with Crippen molar-refractivity contribution >= 4 is 17.5 Å². The van der Waals surface area contributed by atoms with Crippen LogP contribution in [-0.4, -0.2) is 28.2 Å². The fraction of sp³-hybridized carbons (Fsp3) is 0.421. The summed E-state index contributed by atoms with van der Waals surface area (Å²) in [6.07, 6.45) is 3.98. The highest BCUT2D eigenvalue weighted by Crippen LogP contribution is 2.24. The molecule has 0 radical (unpaired) electrons. The lowest BCUT2D eigenvalue weighted by atomic mass is 9.87. The summed E-state index contributed by atoms with van der Waals surface area (Å²) in [6, 6.07) is 8.03. The van der Waals surface area contributed by atoms with Crippen molar-refractivity contribution in [3.8, 4) is 5.75 Å². The summed E-state index contributed by atoms with van der Waals surface area (Å²) in [4.78, 5) is 22.7. The highest BCUT2D eigenvalue weighted by molar-refractivity contribution is 5.90. The van der Waals surface area contributed by atoms with Gasteiger partial charge in [-0.25, -0.2) is 0 Å². The average Bonchev–Trinajstić information content (AvgIpc) is 2.97. The number of nitrogens with one attached hydrogen (secondary N) is 1. The highest BCUT2D eigenvalue weighted by atomic mass is 16.5. The van der Waals surface area contributed by atoms with Crippen LogP contribution in [-0.2, 0) is 21.5 Å². The van der Waals surface area contributed by atoms with E-state index in [1.165, 1.54) is 16.4 Å². The lowest BCUT2D eigenvalue weighted by Gasteiger charge is -2.19. The lowest BCUT2D eigenvalue weighted by molar-refractivity contribution is -0.118. The Kier molecular flexibility index (Phi) is 6.38. The second-order valence-corrected chi connectivity index (χ2v) is 7.17. The fourth-order valence-corrected chi connectivity index (χ4v) is 2.37. The first-order chi connectivity index (χ1) is 12.2. The molecule has 0 fully saturated rings. The maximum absolute atomic E-state index is 11.9. The number of benzene rings is 1. The second kappa shape index (κ2) is 8.51. The van der Waals surface area contributed by atoms with Crippen LogP contribution < -0.4 is 15.8 Å². The molecule has 1 heterocycles. The smallest absolute Gasteiger partial charge is 0.239 e. The van der Waals surface area contributed by atoms with Crippen LogP contribution in [0.3, 0.4) is 0 Å². The molecule has 3 N–H and O–H groups in total. The van der Waals surface area contributed by atoms with Crippen LogP contribution in [0.5, 0.6) is 5.75 Å². The Morgan fingerprint density at radius 1 is 1.23 bits per heavy atom. The summed E-state index contributed by atoms with van der Waals surface area (Å²) >= 11 is 0. The summed E-state index contributed by atoms with van der Waals surface area (Å²) in [7, 11) is 0. The molecule has 2 amide bonds. The molecule has 0 saturated heterocycles. The zero-order valence-electron chi connectivity index (χ0n) is 15.5. The standard InChI is InChI=1S/C19H26N4O3/c1-19(2,3)14-6-8-16(9-7-14)26-10-4-5-18(25)22-15-11-21-23(12-15)13-17(20)24/h6-9,11-12H,4-5,10,13H2,1-3H3,(H2,20,24)(H,22,25). The van der Waals surface area contributed by atoms with E-state index in [4.69, 9.17) is 10.5 Å². The molecule has 1 aromatic carbocycles. The van der Waals surface area contributed by atoms with Crippen LogP contribution in [0.4, 0.5) is 5.69 Å². The molecule has 0 unspecified atom stereocenters. The van der Waals surface area contributed by atoms with Crippen LogP contribution in [0.25, 0.3) is 0 Å². The maximum Gasteiger partial charge on any atom is 0.239 e. The zero-order chi connectivity index (χ0) is 19.2. The predicted octanol–water partition coefficient (Wildman–Crippen LogP) is 2.46. The van der Waals surface area contributed by atoms with Gasteiger partial charge in [-0.15, -0.1) is 0 Å². The van der Waals surface area contributed by atoms with E-state index in [1.807, 2.05) is 12.1 Å². The molecular formula is C19H26N4O3. The molecule has 7 heteroatoms. The van der Waals surface area contributed by atoms with Crippen molar-refractivity contribution in [3.63, 3.8) is 0 Å². The molecule has 140 valence electrons. The third-order valence-corrected chi connectivity index (χ3v) is 3.77. The molecule has 0 bridgehead atoms. The van der Waals surface area contributed by atoms with Gasteiger partial charge in [0.1, 0.15) is 12.3 Å². The van der Waals surface area contributed by atoms with Crippen molar-refractivity contribution < 1.29 is 14.3 Å². The molecule has 0 aliphatic carbocycles. The van der Waals surface area contributed by atoms with E-state index >= 15 is 0 Å². The Labute approximate surface area is 153 Å². The normalized spacial score (nSPS) is 11.2. The first-order valence-corrected chi connectivity index (χ1v) is 8.58. The second-order valence-electron chi connectivity index (χ2n) is 7.17. The van der Waals surface area contributed by atoms with Crippen LogP contribution in [0.1, 0.15) is 39.2 Å². The first kappa shape index (κ1) is 19.5. The van der Waals surface area contributed by atoms with Crippen LogP contribution in [0.2, 0.25) is 0 Å². The number of carbonyl (C=O) groups is 2. The number of rotatable bonds is 8. The van der Waals surface area contributed by atoms with Gasteiger partial charge in [-0.05, 0) is 29.5 Å². The summed E-state index contributed by atoms with van der Waals surface area (Å²) in [5.74, 6) is 0.181. The van der Waals surface area contributed by atoms with Crippen molar-refractivity contribution in [1.29, 1.82) is 0 Å². The van der Waals surface area contributed by atoms with Crippen LogP contribution in [0, 0.1) is 0 Å². The fourth-order valence-electron chi connectivity index (χ4n) is 2.37. The minimum Gasteiger partial charge on any atom is -0.494 e. The molecule has 7 nitrogen and oxygen atoms in total. The number of carbonyl (C=O) groups excluding carboxylic acids is 2. The van der Waals surface area contributed by atoms with Gasteiger partial charge in [-0.2, -0.15) is 5.10 Å². The Morgan fingerprint density at radius 3 is 2.54 bits per heavy atom. The largest absolute Gasteiger partial charge is 0.494 e. The summed E-state index contributed by atoms with van der Waals surface area (Å²) < 4.78 is 7.05. The van der Waals surface area contributed by atoms with E-state index < -0.39 is 5.91 Å². The molecular weight excluding hydrogens is 332 g/mol. The first-order valence-electron chi connectivity index (χ1n) is 8.58. The number of aromatic nitrogens is 2. The SMILES string of the molecule is CC(C)(C)c1ccc(OCCCC(=O)Nc2cnn(CC(N)=O)c2)cc1. The summed E-state index contributed by atoms with van der Waals surface area (Å²) in [5, 5.41) is 6.67. The number of ether oxygens (including phenoxy) is 1. The maximum atomic E-state index is 11.9. The van der Waals surface area contributed by atoms with Gasteiger partial charge in [-0.1, -0.05) is 32.9 Å². The van der Waals surface area contributed by atoms with Crippen molar-refractivity contribution in [2.45, 2.75) is 45.6 Å². The van der Waals surface area contributed by atoms with Crippen molar-refractivity contribution in [2.24, 2.45) is 5.73 Å². The molecule has 0 saturated carbocycles. The topological polar surface area (TPSA) is 99.2 Å². The van der Waals surface area contributed by atoms with E-state index in [-0.39, 0.29) is 17.9 Å². The molecule has 26 heavy (non-hydrogen) atoms. The van der Waals surface area contributed by atoms with E-state index in [0.29, 0.717) is 25.1 Å². The average molecular weight is 358 g/mol. The summed E-state index contributed by atoms with van der Waals surface area (Å²) in [5.41, 5.74) is 6.99. The molecule has 2 rings (SSSR count). The minimum atomic E-state index is -0.487. The van der Waals surface area contributed by atoms with E-state index in [1.54, 1.807) is 6.20 Å². The molecule has 0 aliphatic rings. The van der Waals surface area contributed by atoms with Gasteiger partial charge in [0.2, 0.25) is 11.8 Å². The number of nitrogens with zero attached hydrogens (tertiary/aromatic N) is 2. The van der Waals surface area contributed by atoms with Crippen LogP contribution >= 0.6 is 0 Å². The van der Waals surface area contributed by atoms with E-state index in [9.17, 15) is 9.59 Å². The van der Waals surface area contributed by atoms with E-state index in [2.05, 4.69) is 43.3 Å². The molecule has 0 spiro atoms. The molecule has 0 aliphatic heterocycles. The van der Waals surface area contributed by atoms with Crippen molar-refractivity contribution in [3.05, 3.63) is 42.2 Å². The molecule has 2 aromatic rings. The Morgan fingerprint density at radius 2 is 1.92 bits per heavy atom.